The van der Waals surface area contributed by atoms with Gasteiger partial charge in [-0.1, -0.05) is 56.6 Å². The van der Waals surface area contributed by atoms with E-state index in [1.807, 2.05) is 18.5 Å². The molecule has 108 valence electrons. The van der Waals surface area contributed by atoms with Gasteiger partial charge in [-0.2, -0.15) is 0 Å². The number of allylic oxidation sites excluding steroid dienone is 2. The largest absolute Gasteiger partial charge is 0.379 e. The minimum absolute atomic E-state index is 0.220. The Morgan fingerprint density at radius 3 is 2.20 bits per heavy atom. The molecule has 1 atom stereocenters. The van der Waals surface area contributed by atoms with Crippen LogP contribution in [0.15, 0.2) is 36.7 Å². The van der Waals surface area contributed by atoms with Crippen LogP contribution in [-0.2, 0) is 0 Å². The highest BCUT2D eigenvalue weighted by Gasteiger charge is 2.32. The molecule has 0 saturated heterocycles. The highest BCUT2D eigenvalue weighted by Crippen LogP contribution is 2.17. The molecule has 0 spiro atoms. The summed E-state index contributed by atoms with van der Waals surface area (Å²) in [7, 11) is -2.80. The molecule has 20 heavy (non-hydrogen) atoms. The van der Waals surface area contributed by atoms with Crippen LogP contribution in [0.25, 0.3) is 0 Å². The molecule has 0 saturated carbocycles. The number of aromatic nitrogens is 1. The molecule has 0 bridgehead atoms. The molecular weight excluding hydrogens is 276 g/mol. The Kier molecular flexibility index (Phi) is 4.07. The van der Waals surface area contributed by atoms with Gasteiger partial charge in [0.15, 0.2) is 0 Å². The molecule has 0 radical (unpaired) electrons. The third-order valence-corrected chi connectivity index (χ3v) is 7.93. The molecule has 0 amide bonds. The monoisotopic (exact) mass is 302 g/mol. The van der Waals surface area contributed by atoms with E-state index in [1.165, 1.54) is 5.69 Å². The van der Waals surface area contributed by atoms with Gasteiger partial charge in [-0.05, 0) is 23.5 Å². The van der Waals surface area contributed by atoms with Crippen LogP contribution in [0.1, 0.15) is 11.7 Å². The topological polar surface area (TPSA) is 24.9 Å². The van der Waals surface area contributed by atoms with Crippen molar-refractivity contribution in [2.45, 2.75) is 45.3 Å². The smallest absolute Gasteiger partial charge is 0.0867 e. The maximum atomic E-state index is 4.75. The average molecular weight is 303 g/mol. The maximum absolute atomic E-state index is 4.75. The molecule has 1 aliphatic heterocycles. The molecule has 1 unspecified atom stereocenters. The summed E-state index contributed by atoms with van der Waals surface area (Å²) in [5, 5.41) is 6.59. The lowest BCUT2D eigenvalue weighted by molar-refractivity contribution is 0.726. The zero-order valence-electron chi connectivity index (χ0n) is 13.5. The fourth-order valence-electron chi connectivity index (χ4n) is 2.74. The van der Waals surface area contributed by atoms with Gasteiger partial charge in [-0.25, -0.2) is 0 Å². The first-order valence-electron chi connectivity index (χ1n) is 7.30. The molecule has 2 nitrogen and oxygen atoms in total. The number of dihydropyridines is 1. The number of pyridine rings is 1. The van der Waals surface area contributed by atoms with Crippen molar-refractivity contribution in [2.24, 2.45) is 0 Å². The predicted molar refractivity (Wildman–Crippen MR) is 94.4 cm³/mol. The Labute approximate surface area is 125 Å². The molecule has 1 aromatic rings. The van der Waals surface area contributed by atoms with Crippen LogP contribution in [0.2, 0.25) is 39.3 Å². The molecule has 0 fully saturated rings. The third kappa shape index (κ3) is 3.12. The number of nitrogens with one attached hydrogen (secondary N) is 1. The summed E-state index contributed by atoms with van der Waals surface area (Å²) in [6, 6.07) is 2.49. The first-order chi connectivity index (χ1) is 9.21. The lowest BCUT2D eigenvalue weighted by Crippen LogP contribution is -2.58. The maximum Gasteiger partial charge on any atom is 0.0867 e. The zero-order valence-corrected chi connectivity index (χ0v) is 15.5. The van der Waals surface area contributed by atoms with Crippen LogP contribution in [0.3, 0.4) is 0 Å². The van der Waals surface area contributed by atoms with E-state index in [9.17, 15) is 0 Å². The quantitative estimate of drug-likeness (QED) is 0.869. The summed E-state index contributed by atoms with van der Waals surface area (Å²) < 4.78 is 0. The fourth-order valence-corrected chi connectivity index (χ4v) is 8.33. The molecule has 4 heteroatoms. The van der Waals surface area contributed by atoms with Crippen molar-refractivity contribution in [1.29, 1.82) is 0 Å². The Bertz CT molecular complexity index is 549. The number of hydrogen-bond acceptors (Lipinski definition) is 2. The fraction of sp³-hybridized carbons (Fsp3) is 0.438. The van der Waals surface area contributed by atoms with E-state index in [2.05, 4.69) is 62.8 Å². The molecular formula is C16H26N2Si2. The second-order valence-corrected chi connectivity index (χ2v) is 17.5. The lowest BCUT2D eigenvalue weighted by Gasteiger charge is -2.32. The predicted octanol–water partition coefficient (Wildman–Crippen LogP) is 2.89. The van der Waals surface area contributed by atoms with E-state index in [0.29, 0.717) is 0 Å². The molecule has 0 aliphatic carbocycles. The van der Waals surface area contributed by atoms with Crippen molar-refractivity contribution in [3.63, 3.8) is 0 Å². The van der Waals surface area contributed by atoms with Crippen LogP contribution in [0.4, 0.5) is 0 Å². The van der Waals surface area contributed by atoms with Crippen molar-refractivity contribution in [1.82, 2.24) is 10.3 Å². The average Bonchev–Trinajstić information content (AvgIpc) is 2.37. The second-order valence-electron chi connectivity index (χ2n) is 7.51. The lowest BCUT2D eigenvalue weighted by atomic mass is 10.1. The number of hydrogen-bond donors (Lipinski definition) is 1. The second kappa shape index (κ2) is 5.33. The van der Waals surface area contributed by atoms with E-state index >= 15 is 0 Å². The van der Waals surface area contributed by atoms with E-state index in [1.54, 1.807) is 10.4 Å². The molecule has 1 aromatic heterocycles. The van der Waals surface area contributed by atoms with Crippen molar-refractivity contribution >= 4 is 26.5 Å². The minimum atomic E-state index is -1.44. The van der Waals surface area contributed by atoms with E-state index in [4.69, 9.17) is 4.98 Å². The summed E-state index contributed by atoms with van der Waals surface area (Å²) in [5.74, 6) is 0. The standard InChI is InChI=1S/C16H26N2Si2/c1-19(2,3)14-10-12-18-15(16(14)20(4,5)6)13-9-7-8-11-17-13/h7-13,17H,1-6H3. The van der Waals surface area contributed by atoms with Gasteiger partial charge in [-0.3, -0.25) is 4.98 Å². The van der Waals surface area contributed by atoms with Crippen LogP contribution in [0, 0.1) is 0 Å². The zero-order chi connectivity index (χ0) is 15.0. The first kappa shape index (κ1) is 15.3. The highest BCUT2D eigenvalue weighted by molar-refractivity contribution is 6.98. The number of rotatable bonds is 3. The highest BCUT2D eigenvalue weighted by atomic mass is 28.3. The SMILES string of the molecule is C[Si](C)(C)c1ccnc(C2C=CC=CN2)c1[Si](C)(C)C. The van der Waals surface area contributed by atoms with Gasteiger partial charge >= 0.3 is 0 Å². The molecule has 1 aliphatic rings. The van der Waals surface area contributed by atoms with E-state index in [-0.39, 0.29) is 6.04 Å². The van der Waals surface area contributed by atoms with Gasteiger partial charge in [0.2, 0.25) is 0 Å². The van der Waals surface area contributed by atoms with Gasteiger partial charge in [-0.15, -0.1) is 0 Å². The van der Waals surface area contributed by atoms with Crippen molar-refractivity contribution in [2.75, 3.05) is 0 Å². The van der Waals surface area contributed by atoms with Gasteiger partial charge in [0.1, 0.15) is 0 Å². The molecule has 1 N–H and O–H groups in total. The summed E-state index contributed by atoms with van der Waals surface area (Å²) in [6.07, 6.45) is 10.4. The van der Waals surface area contributed by atoms with E-state index in [0.717, 1.165) is 0 Å². The van der Waals surface area contributed by atoms with Crippen molar-refractivity contribution in [3.8, 4) is 0 Å². The van der Waals surface area contributed by atoms with Crippen LogP contribution < -0.4 is 15.7 Å². The number of nitrogens with zero attached hydrogens (tertiary/aromatic N) is 1. The Balaban J connectivity index is 2.63. The van der Waals surface area contributed by atoms with Gasteiger partial charge < -0.3 is 5.32 Å². The van der Waals surface area contributed by atoms with Gasteiger partial charge in [0.05, 0.1) is 27.9 Å². The third-order valence-electron chi connectivity index (χ3n) is 3.62. The summed E-state index contributed by atoms with van der Waals surface area (Å²) in [4.78, 5) is 4.75. The summed E-state index contributed by atoms with van der Waals surface area (Å²) in [6.45, 7) is 14.6. The van der Waals surface area contributed by atoms with Gasteiger partial charge in [0, 0.05) is 6.20 Å². The normalized spacial score (nSPS) is 19.0. The molecule has 2 rings (SSSR count). The molecule has 0 aromatic carbocycles. The minimum Gasteiger partial charge on any atom is -0.379 e. The van der Waals surface area contributed by atoms with Gasteiger partial charge in [0.25, 0.3) is 0 Å². The summed E-state index contributed by atoms with van der Waals surface area (Å²) >= 11 is 0. The first-order valence-corrected chi connectivity index (χ1v) is 14.3. The van der Waals surface area contributed by atoms with Crippen molar-refractivity contribution < 1.29 is 0 Å². The van der Waals surface area contributed by atoms with Crippen molar-refractivity contribution in [3.05, 3.63) is 42.4 Å². The Morgan fingerprint density at radius 1 is 1.00 bits per heavy atom. The Hall–Kier alpha value is -1.14. The van der Waals surface area contributed by atoms with E-state index < -0.39 is 16.1 Å². The summed E-state index contributed by atoms with van der Waals surface area (Å²) in [5.41, 5.74) is 1.24. The Morgan fingerprint density at radius 2 is 1.70 bits per heavy atom. The molecule has 2 heterocycles. The van der Waals surface area contributed by atoms with Crippen LogP contribution in [0.5, 0.6) is 0 Å². The van der Waals surface area contributed by atoms with Crippen LogP contribution >= 0.6 is 0 Å². The van der Waals surface area contributed by atoms with Crippen LogP contribution in [-0.4, -0.2) is 21.1 Å².